The lowest BCUT2D eigenvalue weighted by Gasteiger charge is -2.13. The minimum atomic E-state index is -0.663. The van der Waals surface area contributed by atoms with Gasteiger partial charge in [-0.05, 0) is 49.4 Å². The molecule has 1 aliphatic heterocycles. The lowest BCUT2D eigenvalue weighted by molar-refractivity contribution is -0.384. The van der Waals surface area contributed by atoms with Gasteiger partial charge in [0.1, 0.15) is 6.54 Å². The van der Waals surface area contributed by atoms with Crippen LogP contribution in [-0.4, -0.2) is 39.6 Å². The number of benzene rings is 1. The highest BCUT2D eigenvalue weighted by Crippen LogP contribution is 2.32. The van der Waals surface area contributed by atoms with Crippen LogP contribution in [0.1, 0.15) is 19.4 Å². The van der Waals surface area contributed by atoms with Crippen molar-refractivity contribution in [2.75, 3.05) is 6.54 Å². The van der Waals surface area contributed by atoms with Gasteiger partial charge in [-0.3, -0.25) is 29.4 Å². The van der Waals surface area contributed by atoms with Crippen LogP contribution >= 0.6 is 11.8 Å². The van der Waals surface area contributed by atoms with Crippen LogP contribution < -0.4 is 0 Å². The highest BCUT2D eigenvalue weighted by Gasteiger charge is 2.36. The number of ether oxygens (including phenoxy) is 1. The zero-order chi connectivity index (χ0) is 17.9. The molecule has 0 saturated carbocycles. The van der Waals surface area contributed by atoms with E-state index < -0.39 is 28.6 Å². The molecule has 0 spiro atoms. The molecule has 0 radical (unpaired) electrons. The highest BCUT2D eigenvalue weighted by atomic mass is 32.2. The molecule has 0 bridgehead atoms. The Labute approximate surface area is 141 Å². The molecule has 9 heteroatoms. The van der Waals surface area contributed by atoms with E-state index in [1.807, 2.05) is 0 Å². The highest BCUT2D eigenvalue weighted by molar-refractivity contribution is 8.18. The van der Waals surface area contributed by atoms with Crippen molar-refractivity contribution in [2.45, 2.75) is 20.0 Å². The van der Waals surface area contributed by atoms with Crippen LogP contribution in [0.4, 0.5) is 10.5 Å². The second-order valence-electron chi connectivity index (χ2n) is 5.16. The monoisotopic (exact) mass is 350 g/mol. The number of amides is 2. The van der Waals surface area contributed by atoms with Crippen LogP contribution in [0.2, 0.25) is 0 Å². The van der Waals surface area contributed by atoms with Crippen molar-refractivity contribution in [3.05, 3.63) is 44.8 Å². The average Bonchev–Trinajstić information content (AvgIpc) is 2.74. The number of carbonyl (C=O) groups is 3. The Morgan fingerprint density at radius 3 is 2.50 bits per heavy atom. The first kappa shape index (κ1) is 17.7. The van der Waals surface area contributed by atoms with Gasteiger partial charge in [-0.1, -0.05) is 0 Å². The normalized spacial score (nSPS) is 16.1. The van der Waals surface area contributed by atoms with Crippen molar-refractivity contribution in [2.24, 2.45) is 0 Å². The van der Waals surface area contributed by atoms with E-state index in [1.165, 1.54) is 30.3 Å². The third-order valence-corrected chi connectivity index (χ3v) is 3.84. The van der Waals surface area contributed by atoms with E-state index in [0.717, 1.165) is 4.90 Å². The predicted octanol–water partition coefficient (Wildman–Crippen LogP) is 2.58. The van der Waals surface area contributed by atoms with Crippen molar-refractivity contribution < 1.29 is 24.0 Å². The molecule has 1 fully saturated rings. The molecule has 0 unspecified atom stereocenters. The fourth-order valence-corrected chi connectivity index (χ4v) is 2.75. The molecule has 1 aliphatic rings. The van der Waals surface area contributed by atoms with E-state index in [4.69, 9.17) is 4.74 Å². The van der Waals surface area contributed by atoms with Gasteiger partial charge >= 0.3 is 5.97 Å². The third-order valence-electron chi connectivity index (χ3n) is 2.93. The molecule has 0 aliphatic carbocycles. The number of hydrogen-bond acceptors (Lipinski definition) is 7. The molecule has 1 aromatic carbocycles. The molecule has 1 heterocycles. The van der Waals surface area contributed by atoms with Crippen LogP contribution in [0.3, 0.4) is 0 Å². The number of imide groups is 1. The maximum Gasteiger partial charge on any atom is 0.326 e. The van der Waals surface area contributed by atoms with Crippen molar-refractivity contribution in [3.63, 3.8) is 0 Å². The molecular formula is C15H14N2O6S. The number of non-ortho nitro benzene ring substituents is 1. The molecular weight excluding hydrogens is 336 g/mol. The standard InChI is InChI=1S/C15H14N2O6S/c1-9(2)23-13(18)8-16-14(19)12(24-15(16)20)7-10-3-5-11(6-4-10)17(21)22/h3-7,9H,8H2,1-2H3/b12-7+. The fraction of sp³-hybridized carbons (Fsp3) is 0.267. The van der Waals surface area contributed by atoms with E-state index in [2.05, 4.69) is 0 Å². The molecule has 2 amide bonds. The second kappa shape index (κ2) is 7.26. The largest absolute Gasteiger partial charge is 0.462 e. The molecule has 24 heavy (non-hydrogen) atoms. The number of hydrogen-bond donors (Lipinski definition) is 0. The molecule has 0 aromatic heterocycles. The van der Waals surface area contributed by atoms with Crippen LogP contribution in [0, 0.1) is 10.1 Å². The van der Waals surface area contributed by atoms with Crippen LogP contribution in [0.5, 0.6) is 0 Å². The van der Waals surface area contributed by atoms with Gasteiger partial charge in [0.15, 0.2) is 0 Å². The summed E-state index contributed by atoms with van der Waals surface area (Å²) in [5, 5.41) is 10.0. The maximum absolute atomic E-state index is 12.2. The number of nitro benzene ring substituents is 1. The summed E-state index contributed by atoms with van der Waals surface area (Å²) in [5.74, 6) is -1.26. The summed E-state index contributed by atoms with van der Waals surface area (Å²) in [4.78, 5) is 46.7. The number of nitrogens with zero attached hydrogens (tertiary/aromatic N) is 2. The van der Waals surface area contributed by atoms with Crippen molar-refractivity contribution >= 4 is 40.6 Å². The van der Waals surface area contributed by atoms with Gasteiger partial charge in [-0.15, -0.1) is 0 Å². The van der Waals surface area contributed by atoms with Crippen LogP contribution in [-0.2, 0) is 14.3 Å². The maximum atomic E-state index is 12.2. The average molecular weight is 350 g/mol. The lowest BCUT2D eigenvalue weighted by atomic mass is 10.2. The number of esters is 1. The summed E-state index contributed by atoms with van der Waals surface area (Å²) in [5.41, 5.74) is 0.465. The smallest absolute Gasteiger partial charge is 0.326 e. The summed E-state index contributed by atoms with van der Waals surface area (Å²) in [6, 6.07) is 5.55. The van der Waals surface area contributed by atoms with Gasteiger partial charge in [-0.2, -0.15) is 0 Å². The zero-order valence-corrected chi connectivity index (χ0v) is 13.7. The minimum Gasteiger partial charge on any atom is -0.462 e. The summed E-state index contributed by atoms with van der Waals surface area (Å²) in [6.07, 6.45) is 1.11. The van der Waals surface area contributed by atoms with Gasteiger partial charge in [0, 0.05) is 12.1 Å². The Kier molecular flexibility index (Phi) is 5.35. The number of thioether (sulfide) groups is 1. The van der Waals surface area contributed by atoms with Gasteiger partial charge < -0.3 is 4.74 Å². The Hall–Kier alpha value is -2.68. The Bertz CT molecular complexity index is 726. The number of nitro groups is 1. The van der Waals surface area contributed by atoms with E-state index in [9.17, 15) is 24.5 Å². The van der Waals surface area contributed by atoms with Gasteiger partial charge in [0.05, 0.1) is 15.9 Å². The molecule has 2 rings (SSSR count). The number of carbonyl (C=O) groups excluding carboxylic acids is 3. The molecule has 1 saturated heterocycles. The first-order valence-electron chi connectivity index (χ1n) is 6.97. The van der Waals surface area contributed by atoms with Crippen LogP contribution in [0.15, 0.2) is 29.2 Å². The first-order chi connectivity index (χ1) is 11.3. The lowest BCUT2D eigenvalue weighted by Crippen LogP contribution is -2.35. The molecule has 8 nitrogen and oxygen atoms in total. The zero-order valence-electron chi connectivity index (χ0n) is 12.9. The van der Waals surface area contributed by atoms with Crippen LogP contribution in [0.25, 0.3) is 6.08 Å². The van der Waals surface area contributed by atoms with E-state index in [-0.39, 0.29) is 16.7 Å². The molecule has 1 aromatic rings. The van der Waals surface area contributed by atoms with Crippen molar-refractivity contribution in [1.29, 1.82) is 0 Å². The SMILES string of the molecule is CC(C)OC(=O)CN1C(=O)S/C(=C/c2ccc([N+](=O)[O-])cc2)C1=O. The Morgan fingerprint density at radius 2 is 1.96 bits per heavy atom. The van der Waals surface area contributed by atoms with Gasteiger partial charge in [0.25, 0.3) is 16.8 Å². The molecule has 126 valence electrons. The van der Waals surface area contributed by atoms with E-state index >= 15 is 0 Å². The Balaban J connectivity index is 2.12. The van der Waals surface area contributed by atoms with Crippen molar-refractivity contribution in [1.82, 2.24) is 4.90 Å². The summed E-state index contributed by atoms with van der Waals surface area (Å²) in [6.45, 7) is 2.89. The van der Waals surface area contributed by atoms with E-state index in [0.29, 0.717) is 17.3 Å². The quantitative estimate of drug-likeness (QED) is 0.348. The Morgan fingerprint density at radius 1 is 1.33 bits per heavy atom. The first-order valence-corrected chi connectivity index (χ1v) is 7.79. The summed E-state index contributed by atoms with van der Waals surface area (Å²) in [7, 11) is 0. The summed E-state index contributed by atoms with van der Waals surface area (Å²) < 4.78 is 4.92. The predicted molar refractivity (Wildman–Crippen MR) is 87.0 cm³/mol. The molecule has 0 N–H and O–H groups in total. The minimum absolute atomic E-state index is 0.0725. The second-order valence-corrected chi connectivity index (χ2v) is 6.15. The topological polar surface area (TPSA) is 107 Å². The third kappa shape index (κ3) is 4.19. The number of rotatable bonds is 5. The summed E-state index contributed by atoms with van der Waals surface area (Å²) >= 11 is 0.705. The van der Waals surface area contributed by atoms with E-state index in [1.54, 1.807) is 13.8 Å². The fourth-order valence-electron chi connectivity index (χ4n) is 1.91. The van der Waals surface area contributed by atoms with Gasteiger partial charge in [0.2, 0.25) is 0 Å². The molecule has 0 atom stereocenters. The van der Waals surface area contributed by atoms with Gasteiger partial charge in [-0.25, -0.2) is 0 Å². The van der Waals surface area contributed by atoms with Crippen molar-refractivity contribution in [3.8, 4) is 0 Å².